The van der Waals surface area contributed by atoms with Crippen LogP contribution in [-0.4, -0.2) is 34.4 Å². The molecule has 2 atom stereocenters. The molecule has 2 rings (SSSR count). The van der Waals surface area contributed by atoms with Crippen molar-refractivity contribution in [2.45, 2.75) is 64.0 Å². The van der Waals surface area contributed by atoms with Crippen LogP contribution in [0.3, 0.4) is 0 Å². The van der Waals surface area contributed by atoms with Crippen molar-refractivity contribution in [3.8, 4) is 0 Å². The zero-order chi connectivity index (χ0) is 13.1. The van der Waals surface area contributed by atoms with Crippen molar-refractivity contribution in [3.63, 3.8) is 0 Å². The average molecular weight is 254 g/mol. The molecular formula is C13H22N2O3. The average Bonchev–Trinajstić information content (AvgIpc) is 3.13. The molecule has 1 aliphatic heterocycles. The van der Waals surface area contributed by atoms with Gasteiger partial charge in [0.25, 0.3) is 11.9 Å². The summed E-state index contributed by atoms with van der Waals surface area (Å²) in [4.78, 5) is 24.7. The Balaban J connectivity index is 1.97. The van der Waals surface area contributed by atoms with Crippen LogP contribution in [0.5, 0.6) is 0 Å². The molecule has 0 aromatic heterocycles. The maximum atomic E-state index is 12.2. The number of nitro groups is 1. The molecule has 1 saturated heterocycles. The number of carbonyl (C=O) groups excluding carboxylic acids is 1. The molecule has 0 radical (unpaired) electrons. The van der Waals surface area contributed by atoms with Crippen LogP contribution in [0.4, 0.5) is 0 Å². The van der Waals surface area contributed by atoms with Gasteiger partial charge in [-0.05, 0) is 25.7 Å². The van der Waals surface area contributed by atoms with Crippen molar-refractivity contribution in [1.82, 2.24) is 4.90 Å². The summed E-state index contributed by atoms with van der Waals surface area (Å²) in [6.07, 6.45) is 6.89. The monoisotopic (exact) mass is 254 g/mol. The molecule has 1 aliphatic carbocycles. The smallest absolute Gasteiger partial charge is 0.297 e. The van der Waals surface area contributed by atoms with E-state index >= 15 is 0 Å². The molecule has 2 aliphatic rings. The second-order valence-corrected chi connectivity index (χ2v) is 5.54. The maximum Gasteiger partial charge on any atom is 0.297 e. The van der Waals surface area contributed by atoms with E-state index in [1.165, 1.54) is 0 Å². The van der Waals surface area contributed by atoms with Crippen LogP contribution in [0.15, 0.2) is 0 Å². The van der Waals surface area contributed by atoms with Gasteiger partial charge < -0.3 is 4.90 Å². The highest BCUT2D eigenvalue weighted by atomic mass is 16.6. The first-order chi connectivity index (χ1) is 8.65. The van der Waals surface area contributed by atoms with E-state index in [0.717, 1.165) is 51.5 Å². The van der Waals surface area contributed by atoms with Gasteiger partial charge in [0.2, 0.25) is 0 Å². The number of hydrogen-bond acceptors (Lipinski definition) is 3. The Morgan fingerprint density at radius 1 is 1.33 bits per heavy atom. The Bertz CT molecular complexity index is 328. The number of piperidine rings is 1. The Morgan fingerprint density at radius 3 is 2.61 bits per heavy atom. The van der Waals surface area contributed by atoms with Crippen LogP contribution in [0.25, 0.3) is 0 Å². The molecule has 0 spiro atoms. The molecule has 102 valence electrons. The Morgan fingerprint density at radius 2 is 2.06 bits per heavy atom. The molecule has 5 heteroatoms. The largest absolute Gasteiger partial charge is 0.334 e. The van der Waals surface area contributed by atoms with Crippen LogP contribution in [0.2, 0.25) is 0 Å². The third kappa shape index (κ3) is 2.82. The number of hydrogen-bond donors (Lipinski definition) is 0. The van der Waals surface area contributed by atoms with Gasteiger partial charge in [0.15, 0.2) is 0 Å². The van der Waals surface area contributed by atoms with Crippen LogP contribution >= 0.6 is 0 Å². The van der Waals surface area contributed by atoms with Crippen molar-refractivity contribution in [2.24, 2.45) is 5.92 Å². The SMILES string of the molecule is CCCCC[C@@H]1CCN(C2CC2)C(=O)[C@H]1[N+](=O)[O-]. The van der Waals surface area contributed by atoms with Gasteiger partial charge in [0.05, 0.1) is 0 Å². The van der Waals surface area contributed by atoms with E-state index in [1.807, 2.05) is 0 Å². The molecule has 0 bridgehead atoms. The molecule has 5 nitrogen and oxygen atoms in total. The van der Waals surface area contributed by atoms with Crippen molar-refractivity contribution in [1.29, 1.82) is 0 Å². The molecule has 1 saturated carbocycles. The Hall–Kier alpha value is -1.13. The molecule has 1 amide bonds. The number of unbranched alkanes of at least 4 members (excludes halogenated alkanes) is 2. The van der Waals surface area contributed by atoms with E-state index < -0.39 is 6.04 Å². The topological polar surface area (TPSA) is 63.5 Å². The fraction of sp³-hybridized carbons (Fsp3) is 0.923. The fourth-order valence-corrected chi connectivity index (χ4v) is 2.91. The van der Waals surface area contributed by atoms with E-state index in [2.05, 4.69) is 6.92 Å². The highest BCUT2D eigenvalue weighted by molar-refractivity contribution is 5.82. The lowest BCUT2D eigenvalue weighted by atomic mass is 9.86. The minimum atomic E-state index is -0.976. The first-order valence-electron chi connectivity index (χ1n) is 7.09. The van der Waals surface area contributed by atoms with Crippen LogP contribution < -0.4 is 0 Å². The van der Waals surface area contributed by atoms with Crippen LogP contribution in [0.1, 0.15) is 51.9 Å². The van der Waals surface area contributed by atoms with Crippen molar-refractivity contribution in [2.75, 3.05) is 6.54 Å². The quantitative estimate of drug-likeness (QED) is 0.415. The van der Waals surface area contributed by atoms with E-state index in [1.54, 1.807) is 4.90 Å². The first-order valence-corrected chi connectivity index (χ1v) is 7.09. The molecule has 0 unspecified atom stereocenters. The third-order valence-electron chi connectivity index (χ3n) is 4.12. The molecule has 1 heterocycles. The second-order valence-electron chi connectivity index (χ2n) is 5.54. The van der Waals surface area contributed by atoms with Gasteiger partial charge in [-0.3, -0.25) is 14.9 Å². The predicted molar refractivity (Wildman–Crippen MR) is 67.8 cm³/mol. The number of amides is 1. The van der Waals surface area contributed by atoms with Gasteiger partial charge in [-0.2, -0.15) is 0 Å². The maximum absolute atomic E-state index is 12.2. The summed E-state index contributed by atoms with van der Waals surface area (Å²) in [6.45, 7) is 2.84. The van der Waals surface area contributed by atoms with Crippen LogP contribution in [-0.2, 0) is 4.79 Å². The predicted octanol–water partition coefficient (Wildman–Crippen LogP) is 2.22. The van der Waals surface area contributed by atoms with Gasteiger partial charge in [-0.15, -0.1) is 0 Å². The minimum Gasteiger partial charge on any atom is -0.334 e. The lowest BCUT2D eigenvalue weighted by molar-refractivity contribution is -0.520. The third-order valence-corrected chi connectivity index (χ3v) is 4.12. The van der Waals surface area contributed by atoms with E-state index in [4.69, 9.17) is 0 Å². The van der Waals surface area contributed by atoms with Crippen molar-refractivity contribution < 1.29 is 9.72 Å². The summed E-state index contributed by atoms with van der Waals surface area (Å²) in [7, 11) is 0. The number of carbonyl (C=O) groups is 1. The molecule has 2 fully saturated rings. The second kappa shape index (κ2) is 5.67. The molecule has 18 heavy (non-hydrogen) atoms. The molecule has 0 aromatic carbocycles. The first kappa shape index (κ1) is 13.3. The summed E-state index contributed by atoms with van der Waals surface area (Å²) in [5.41, 5.74) is 0. The molecular weight excluding hydrogens is 232 g/mol. The van der Waals surface area contributed by atoms with Crippen molar-refractivity contribution >= 4 is 5.91 Å². The number of rotatable bonds is 6. The lowest BCUT2D eigenvalue weighted by Gasteiger charge is -2.33. The summed E-state index contributed by atoms with van der Waals surface area (Å²) in [5.74, 6) is -0.274. The lowest BCUT2D eigenvalue weighted by Crippen LogP contribution is -2.53. The van der Waals surface area contributed by atoms with E-state index in [0.29, 0.717) is 6.04 Å². The molecule has 0 aromatic rings. The highest BCUT2D eigenvalue weighted by Gasteiger charge is 2.48. The van der Waals surface area contributed by atoms with E-state index in [-0.39, 0.29) is 16.7 Å². The Labute approximate surface area is 108 Å². The van der Waals surface area contributed by atoms with Crippen LogP contribution in [0, 0.1) is 16.0 Å². The van der Waals surface area contributed by atoms with Gasteiger partial charge >= 0.3 is 0 Å². The van der Waals surface area contributed by atoms with Gasteiger partial charge in [0.1, 0.15) is 0 Å². The zero-order valence-electron chi connectivity index (χ0n) is 11.0. The summed E-state index contributed by atoms with van der Waals surface area (Å²) in [6, 6.07) is -0.673. The normalized spacial score (nSPS) is 28.5. The van der Waals surface area contributed by atoms with E-state index in [9.17, 15) is 14.9 Å². The van der Waals surface area contributed by atoms with Gasteiger partial charge in [0, 0.05) is 23.4 Å². The highest BCUT2D eigenvalue weighted by Crippen LogP contribution is 2.34. The van der Waals surface area contributed by atoms with Gasteiger partial charge in [-0.1, -0.05) is 26.2 Å². The minimum absolute atomic E-state index is 0.0472. The summed E-state index contributed by atoms with van der Waals surface area (Å²) in [5, 5.41) is 11.2. The number of likely N-dealkylation sites (tertiary alicyclic amines) is 1. The van der Waals surface area contributed by atoms with Gasteiger partial charge in [-0.25, -0.2) is 0 Å². The Kier molecular flexibility index (Phi) is 4.19. The number of nitrogens with zero attached hydrogens (tertiary/aromatic N) is 2. The van der Waals surface area contributed by atoms with Crippen molar-refractivity contribution in [3.05, 3.63) is 10.1 Å². The summed E-state index contributed by atoms with van der Waals surface area (Å²) >= 11 is 0. The summed E-state index contributed by atoms with van der Waals surface area (Å²) < 4.78 is 0. The standard InChI is InChI=1S/C13H22N2O3/c1-2-3-4-5-10-8-9-14(11-6-7-11)13(16)12(10)15(17)18/h10-12H,2-9H2,1H3/t10-,12+/m1/s1. The zero-order valence-corrected chi connectivity index (χ0v) is 11.0. The fourth-order valence-electron chi connectivity index (χ4n) is 2.91. The molecule has 0 N–H and O–H groups in total.